The number of alkyl halides is 1. The van der Waals surface area contributed by atoms with Gasteiger partial charge in [0.15, 0.2) is 0 Å². The molecule has 0 saturated heterocycles. The first-order valence-electron chi connectivity index (χ1n) is 10.0. The van der Waals surface area contributed by atoms with Crippen LogP contribution in [0.25, 0.3) is 0 Å². The van der Waals surface area contributed by atoms with Crippen LogP contribution in [0.15, 0.2) is 0 Å². The van der Waals surface area contributed by atoms with Crippen LogP contribution >= 0.6 is 15.9 Å². The zero-order valence-corrected chi connectivity index (χ0v) is 17.2. The number of halogens is 1. The summed E-state index contributed by atoms with van der Waals surface area (Å²) in [5.74, 6) is 2.29. The van der Waals surface area contributed by atoms with Crippen LogP contribution in [0.3, 0.4) is 0 Å². The standard InChI is InChI=1S/C21H31BrO3/c1-11(23)14-6-7-15-13-5-4-12-8-17(24)16(22)9-20(12,2)19(13)18(25)10-21(14,15)3/h12-17,19,24H,4-10H2,1-3H3/t12-,13-,14+,15-,16?,17-,19+,20-,21+/m0/s1. The van der Waals surface area contributed by atoms with E-state index in [1.54, 1.807) is 6.92 Å². The van der Waals surface area contributed by atoms with Crippen molar-refractivity contribution in [2.24, 2.45) is 40.4 Å². The SMILES string of the molecule is CC(=O)[C@H]1CC[C@H]2[C@@H]3CC[C@H]4C[C@H](O)C(Br)C[C@]4(C)[C@H]3C(=O)C[C@]12C. The van der Waals surface area contributed by atoms with E-state index in [1.165, 1.54) is 0 Å². The molecule has 0 amide bonds. The maximum absolute atomic E-state index is 13.4. The molecule has 4 rings (SSSR count). The minimum atomic E-state index is -0.285. The van der Waals surface area contributed by atoms with Gasteiger partial charge in [0.2, 0.25) is 0 Å². The average molecular weight is 411 g/mol. The Bertz CT molecular complexity index is 604. The van der Waals surface area contributed by atoms with Crippen LogP contribution in [0.1, 0.15) is 65.7 Å². The molecule has 0 aromatic rings. The van der Waals surface area contributed by atoms with E-state index in [-0.39, 0.29) is 39.4 Å². The fourth-order valence-electron chi connectivity index (χ4n) is 7.72. The topological polar surface area (TPSA) is 54.4 Å². The molecule has 0 aliphatic heterocycles. The van der Waals surface area contributed by atoms with Gasteiger partial charge in [0.1, 0.15) is 11.6 Å². The molecular weight excluding hydrogens is 380 g/mol. The smallest absolute Gasteiger partial charge is 0.137 e. The lowest BCUT2D eigenvalue weighted by molar-refractivity contribution is -0.161. The van der Waals surface area contributed by atoms with E-state index >= 15 is 0 Å². The monoisotopic (exact) mass is 410 g/mol. The first-order chi connectivity index (χ1) is 11.7. The lowest BCUT2D eigenvalue weighted by atomic mass is 9.44. The summed E-state index contributed by atoms with van der Waals surface area (Å²) >= 11 is 3.68. The van der Waals surface area contributed by atoms with Crippen LogP contribution in [0.4, 0.5) is 0 Å². The van der Waals surface area contributed by atoms with Gasteiger partial charge in [-0.2, -0.15) is 0 Å². The molecular formula is C21H31BrO3. The highest BCUT2D eigenvalue weighted by Crippen LogP contribution is 2.66. The molecule has 4 heteroatoms. The van der Waals surface area contributed by atoms with Gasteiger partial charge in [0, 0.05) is 23.1 Å². The molecule has 0 spiro atoms. The molecule has 1 N–H and O–H groups in total. The normalized spacial score (nSPS) is 55.2. The van der Waals surface area contributed by atoms with Gasteiger partial charge in [-0.25, -0.2) is 0 Å². The number of rotatable bonds is 1. The molecule has 3 nitrogen and oxygen atoms in total. The highest BCUT2D eigenvalue weighted by Gasteiger charge is 2.64. The maximum Gasteiger partial charge on any atom is 0.137 e. The van der Waals surface area contributed by atoms with Gasteiger partial charge in [0.05, 0.1) is 6.10 Å². The summed E-state index contributed by atoms with van der Waals surface area (Å²) < 4.78 is 0. The number of Topliss-reactive ketones (excluding diaryl/α,β-unsaturated/α-hetero) is 2. The zero-order chi connectivity index (χ0) is 18.1. The number of aliphatic hydroxyl groups is 1. The van der Waals surface area contributed by atoms with Crippen LogP contribution in [-0.4, -0.2) is 27.6 Å². The molecule has 1 unspecified atom stereocenters. The maximum atomic E-state index is 13.4. The van der Waals surface area contributed by atoms with Crippen molar-refractivity contribution in [1.82, 2.24) is 0 Å². The van der Waals surface area contributed by atoms with Crippen LogP contribution in [0.2, 0.25) is 0 Å². The third-order valence-corrected chi connectivity index (χ3v) is 9.75. The largest absolute Gasteiger partial charge is 0.392 e. The van der Waals surface area contributed by atoms with Crippen molar-refractivity contribution >= 4 is 27.5 Å². The summed E-state index contributed by atoms with van der Waals surface area (Å²) in [4.78, 5) is 25.7. The van der Waals surface area contributed by atoms with Crippen molar-refractivity contribution < 1.29 is 14.7 Å². The first kappa shape index (κ1) is 18.2. The second-order valence-corrected chi connectivity index (χ2v) is 11.1. The Morgan fingerprint density at radius 2 is 1.88 bits per heavy atom. The lowest BCUT2D eigenvalue weighted by Crippen LogP contribution is -2.59. The summed E-state index contributed by atoms with van der Waals surface area (Å²) in [6.07, 6.45) is 6.31. The number of aliphatic hydroxyl groups excluding tert-OH is 1. The summed E-state index contributed by atoms with van der Waals surface area (Å²) in [6, 6.07) is 0. The second kappa shape index (κ2) is 5.89. The average Bonchev–Trinajstić information content (AvgIpc) is 2.85. The Kier molecular flexibility index (Phi) is 4.28. The van der Waals surface area contributed by atoms with E-state index in [4.69, 9.17) is 0 Å². The van der Waals surface area contributed by atoms with Crippen molar-refractivity contribution in [2.45, 2.75) is 76.6 Å². The molecule has 4 saturated carbocycles. The van der Waals surface area contributed by atoms with E-state index in [9.17, 15) is 14.7 Å². The predicted octanol–water partition coefficient (Wildman–Crippen LogP) is 4.15. The van der Waals surface area contributed by atoms with E-state index in [0.717, 1.165) is 38.5 Å². The number of carbonyl (C=O) groups excluding carboxylic acids is 2. The molecule has 140 valence electrons. The minimum absolute atomic E-state index is 0.00301. The molecule has 0 heterocycles. The zero-order valence-electron chi connectivity index (χ0n) is 15.6. The number of fused-ring (bicyclic) bond motifs is 5. The molecule has 4 aliphatic rings. The van der Waals surface area contributed by atoms with E-state index in [1.807, 2.05) is 0 Å². The first-order valence-corrected chi connectivity index (χ1v) is 11.0. The van der Waals surface area contributed by atoms with Crippen molar-refractivity contribution in [2.75, 3.05) is 0 Å². The van der Waals surface area contributed by atoms with Gasteiger partial charge in [-0.15, -0.1) is 0 Å². The molecule has 4 fully saturated rings. The van der Waals surface area contributed by atoms with Crippen molar-refractivity contribution in [3.8, 4) is 0 Å². The summed E-state index contributed by atoms with van der Waals surface area (Å²) in [6.45, 7) is 6.24. The minimum Gasteiger partial charge on any atom is -0.392 e. The highest BCUT2D eigenvalue weighted by molar-refractivity contribution is 9.09. The van der Waals surface area contributed by atoms with Gasteiger partial charge >= 0.3 is 0 Å². The van der Waals surface area contributed by atoms with Gasteiger partial charge in [0.25, 0.3) is 0 Å². The van der Waals surface area contributed by atoms with Crippen LogP contribution < -0.4 is 0 Å². The van der Waals surface area contributed by atoms with E-state index in [2.05, 4.69) is 29.8 Å². The number of ketones is 2. The second-order valence-electron chi connectivity index (χ2n) is 9.94. The molecule has 0 aromatic carbocycles. The fraction of sp³-hybridized carbons (Fsp3) is 0.905. The molecule has 0 aromatic heterocycles. The lowest BCUT2D eigenvalue weighted by Gasteiger charge is -2.60. The number of hydrogen-bond donors (Lipinski definition) is 1. The van der Waals surface area contributed by atoms with Crippen LogP contribution in [0, 0.1) is 40.4 Å². The Morgan fingerprint density at radius 1 is 1.16 bits per heavy atom. The van der Waals surface area contributed by atoms with Crippen LogP contribution in [0.5, 0.6) is 0 Å². The summed E-state index contributed by atoms with van der Waals surface area (Å²) in [7, 11) is 0. The Hall–Kier alpha value is -0.220. The van der Waals surface area contributed by atoms with E-state index < -0.39 is 0 Å². The number of carbonyl (C=O) groups is 2. The van der Waals surface area contributed by atoms with Crippen molar-refractivity contribution in [3.63, 3.8) is 0 Å². The van der Waals surface area contributed by atoms with Crippen molar-refractivity contribution in [3.05, 3.63) is 0 Å². The van der Waals surface area contributed by atoms with Crippen molar-refractivity contribution in [1.29, 1.82) is 0 Å². The Balaban J connectivity index is 1.69. The van der Waals surface area contributed by atoms with Gasteiger partial charge in [-0.1, -0.05) is 29.8 Å². The van der Waals surface area contributed by atoms with Gasteiger partial charge in [-0.05, 0) is 74.0 Å². The Morgan fingerprint density at radius 3 is 2.56 bits per heavy atom. The fourth-order valence-corrected chi connectivity index (χ4v) is 8.64. The number of hydrogen-bond acceptors (Lipinski definition) is 3. The predicted molar refractivity (Wildman–Crippen MR) is 100 cm³/mol. The molecule has 25 heavy (non-hydrogen) atoms. The molecule has 0 radical (unpaired) electrons. The quantitative estimate of drug-likeness (QED) is 0.660. The summed E-state index contributed by atoms with van der Waals surface area (Å²) in [5, 5.41) is 10.3. The molecule has 0 bridgehead atoms. The van der Waals surface area contributed by atoms with E-state index in [0.29, 0.717) is 30.0 Å². The summed E-state index contributed by atoms with van der Waals surface area (Å²) in [5.41, 5.74) is -0.113. The Labute approximate surface area is 159 Å². The third kappa shape index (κ3) is 2.46. The van der Waals surface area contributed by atoms with Gasteiger partial charge in [-0.3, -0.25) is 9.59 Å². The molecule has 4 aliphatic carbocycles. The van der Waals surface area contributed by atoms with Gasteiger partial charge < -0.3 is 5.11 Å². The highest BCUT2D eigenvalue weighted by atomic mass is 79.9. The van der Waals surface area contributed by atoms with Crippen LogP contribution in [-0.2, 0) is 9.59 Å². The molecule has 9 atom stereocenters. The third-order valence-electron chi connectivity index (χ3n) is 8.82.